The standard InChI is InChI=1S/C11H17N5O2S/c1-3-4-12-11-14-13-8(19-11)5-16-7-9(17)15(2)6-10(16)18/h3-7H2,1-2H3,(H,12,14). The molecule has 2 amide bonds. The second kappa shape index (κ2) is 5.96. The van der Waals surface area contributed by atoms with Crippen molar-refractivity contribution in [2.75, 3.05) is 32.0 Å². The predicted molar refractivity (Wildman–Crippen MR) is 71.7 cm³/mol. The molecule has 1 saturated heterocycles. The highest BCUT2D eigenvalue weighted by Gasteiger charge is 2.28. The lowest BCUT2D eigenvalue weighted by molar-refractivity contribution is -0.149. The summed E-state index contributed by atoms with van der Waals surface area (Å²) in [6.07, 6.45) is 1.01. The van der Waals surface area contributed by atoms with Gasteiger partial charge in [-0.15, -0.1) is 10.2 Å². The van der Waals surface area contributed by atoms with Crippen molar-refractivity contribution >= 4 is 28.3 Å². The number of anilines is 1. The van der Waals surface area contributed by atoms with Crippen molar-refractivity contribution in [2.24, 2.45) is 0 Å². The first kappa shape index (κ1) is 13.7. The summed E-state index contributed by atoms with van der Waals surface area (Å²) in [7, 11) is 1.63. The van der Waals surface area contributed by atoms with Gasteiger partial charge in [-0.2, -0.15) is 0 Å². The molecule has 1 aromatic heterocycles. The maximum Gasteiger partial charge on any atom is 0.243 e. The van der Waals surface area contributed by atoms with Crippen molar-refractivity contribution in [3.05, 3.63) is 5.01 Å². The van der Waals surface area contributed by atoms with Crippen molar-refractivity contribution < 1.29 is 9.59 Å². The van der Waals surface area contributed by atoms with Crippen molar-refractivity contribution in [1.29, 1.82) is 0 Å². The highest BCUT2D eigenvalue weighted by Crippen LogP contribution is 2.18. The lowest BCUT2D eigenvalue weighted by Gasteiger charge is -2.30. The maximum atomic E-state index is 11.8. The Bertz CT molecular complexity index is 475. The van der Waals surface area contributed by atoms with Crippen LogP contribution in [0.1, 0.15) is 18.4 Å². The molecule has 7 nitrogen and oxygen atoms in total. The third-order valence-electron chi connectivity index (χ3n) is 2.80. The van der Waals surface area contributed by atoms with Crippen LogP contribution in [0.5, 0.6) is 0 Å². The fourth-order valence-corrected chi connectivity index (χ4v) is 2.47. The van der Waals surface area contributed by atoms with Crippen LogP contribution in [0.15, 0.2) is 0 Å². The van der Waals surface area contributed by atoms with Crippen LogP contribution < -0.4 is 5.32 Å². The number of nitrogens with one attached hydrogen (secondary N) is 1. The molecule has 19 heavy (non-hydrogen) atoms. The summed E-state index contributed by atoms with van der Waals surface area (Å²) in [5.74, 6) is -0.103. The number of nitrogens with zero attached hydrogens (tertiary/aromatic N) is 4. The SMILES string of the molecule is CCCNc1nnc(CN2CC(=O)N(C)CC2=O)s1. The summed E-state index contributed by atoms with van der Waals surface area (Å²) in [5, 5.41) is 12.7. The minimum Gasteiger partial charge on any atom is -0.360 e. The van der Waals surface area contributed by atoms with E-state index in [4.69, 9.17) is 0 Å². The Balaban J connectivity index is 1.95. The number of carbonyl (C=O) groups is 2. The molecule has 0 bridgehead atoms. The molecular formula is C11H17N5O2S. The molecule has 0 spiro atoms. The van der Waals surface area contributed by atoms with Crippen LogP contribution in [0.25, 0.3) is 0 Å². The van der Waals surface area contributed by atoms with Gasteiger partial charge >= 0.3 is 0 Å². The van der Waals surface area contributed by atoms with Crippen molar-refractivity contribution in [1.82, 2.24) is 20.0 Å². The van der Waals surface area contributed by atoms with E-state index in [1.54, 1.807) is 7.05 Å². The smallest absolute Gasteiger partial charge is 0.243 e. The molecule has 0 aromatic carbocycles. The van der Waals surface area contributed by atoms with Gasteiger partial charge in [-0.1, -0.05) is 18.3 Å². The predicted octanol–water partition coefficient (Wildman–Crippen LogP) is 0.161. The van der Waals surface area contributed by atoms with Gasteiger partial charge in [0.05, 0.1) is 13.1 Å². The first-order chi connectivity index (χ1) is 9.10. The van der Waals surface area contributed by atoms with Crippen molar-refractivity contribution in [3.63, 3.8) is 0 Å². The van der Waals surface area contributed by atoms with Crippen LogP contribution >= 0.6 is 11.3 Å². The molecule has 1 fully saturated rings. The molecule has 1 aliphatic heterocycles. The minimum absolute atomic E-state index is 0.0477. The Morgan fingerprint density at radius 2 is 2.05 bits per heavy atom. The molecule has 1 aromatic rings. The summed E-state index contributed by atoms with van der Waals surface area (Å²) < 4.78 is 0. The third-order valence-corrected chi connectivity index (χ3v) is 3.66. The van der Waals surface area contributed by atoms with E-state index >= 15 is 0 Å². The molecule has 0 saturated carbocycles. The van der Waals surface area contributed by atoms with E-state index in [9.17, 15) is 9.59 Å². The van der Waals surface area contributed by atoms with Gasteiger partial charge in [-0.25, -0.2) is 0 Å². The van der Waals surface area contributed by atoms with Crippen LogP contribution in [0.2, 0.25) is 0 Å². The molecule has 0 atom stereocenters. The number of carbonyl (C=O) groups excluding carboxylic acids is 2. The van der Waals surface area contributed by atoms with Gasteiger partial charge in [0.25, 0.3) is 0 Å². The highest BCUT2D eigenvalue weighted by atomic mass is 32.1. The largest absolute Gasteiger partial charge is 0.360 e. The Hall–Kier alpha value is -1.70. The summed E-state index contributed by atoms with van der Waals surface area (Å²) in [5.41, 5.74) is 0. The Labute approximate surface area is 115 Å². The van der Waals surface area contributed by atoms with Gasteiger partial charge in [-0.05, 0) is 6.42 Å². The second-order valence-corrected chi connectivity index (χ2v) is 5.49. The van der Waals surface area contributed by atoms with Crippen LogP contribution in [0, 0.1) is 0 Å². The summed E-state index contributed by atoms with van der Waals surface area (Å²) in [6, 6.07) is 0. The molecule has 2 rings (SSSR count). The van der Waals surface area contributed by atoms with Gasteiger partial charge in [-0.3, -0.25) is 9.59 Å². The molecule has 8 heteroatoms. The number of piperazine rings is 1. The normalized spacial score (nSPS) is 16.1. The van der Waals surface area contributed by atoms with Gasteiger partial charge in [0.15, 0.2) is 0 Å². The molecule has 2 heterocycles. The maximum absolute atomic E-state index is 11.8. The quantitative estimate of drug-likeness (QED) is 0.833. The van der Waals surface area contributed by atoms with E-state index in [0.717, 1.165) is 23.1 Å². The Morgan fingerprint density at radius 3 is 2.79 bits per heavy atom. The van der Waals surface area contributed by atoms with Gasteiger partial charge < -0.3 is 15.1 Å². The Morgan fingerprint density at radius 1 is 1.26 bits per heavy atom. The van der Waals surface area contributed by atoms with Gasteiger partial charge in [0, 0.05) is 13.6 Å². The zero-order valence-corrected chi connectivity index (χ0v) is 11.9. The average molecular weight is 283 g/mol. The molecule has 1 aliphatic rings. The van der Waals surface area contributed by atoms with E-state index in [-0.39, 0.29) is 24.9 Å². The first-order valence-electron chi connectivity index (χ1n) is 6.18. The summed E-state index contributed by atoms with van der Waals surface area (Å²) >= 11 is 1.42. The monoisotopic (exact) mass is 283 g/mol. The van der Waals surface area contributed by atoms with Crippen LogP contribution in [0.3, 0.4) is 0 Å². The second-order valence-electron chi connectivity index (χ2n) is 4.43. The number of likely N-dealkylation sites (N-methyl/N-ethyl adjacent to an activating group) is 1. The van der Waals surface area contributed by atoms with Gasteiger partial charge in [0.2, 0.25) is 16.9 Å². The van der Waals surface area contributed by atoms with Crippen molar-refractivity contribution in [2.45, 2.75) is 19.9 Å². The summed E-state index contributed by atoms with van der Waals surface area (Å²) in [4.78, 5) is 26.3. The lowest BCUT2D eigenvalue weighted by atomic mass is 10.3. The summed E-state index contributed by atoms with van der Waals surface area (Å²) in [6.45, 7) is 3.53. The molecule has 104 valence electrons. The average Bonchev–Trinajstić information content (AvgIpc) is 2.81. The first-order valence-corrected chi connectivity index (χ1v) is 6.99. The fraction of sp³-hybridized carbons (Fsp3) is 0.636. The zero-order chi connectivity index (χ0) is 13.8. The number of hydrogen-bond donors (Lipinski definition) is 1. The zero-order valence-electron chi connectivity index (χ0n) is 11.0. The van der Waals surface area contributed by atoms with Crippen molar-refractivity contribution in [3.8, 4) is 0 Å². The van der Waals surface area contributed by atoms with E-state index in [2.05, 4.69) is 22.4 Å². The molecular weight excluding hydrogens is 266 g/mol. The van der Waals surface area contributed by atoms with Crippen LogP contribution in [-0.2, 0) is 16.1 Å². The van der Waals surface area contributed by atoms with E-state index in [0.29, 0.717) is 6.54 Å². The van der Waals surface area contributed by atoms with Crippen LogP contribution in [-0.4, -0.2) is 58.5 Å². The third kappa shape index (κ3) is 3.40. The van der Waals surface area contributed by atoms with E-state index < -0.39 is 0 Å². The van der Waals surface area contributed by atoms with E-state index in [1.807, 2.05) is 0 Å². The van der Waals surface area contributed by atoms with Crippen LogP contribution in [0.4, 0.5) is 5.13 Å². The molecule has 1 N–H and O–H groups in total. The van der Waals surface area contributed by atoms with Gasteiger partial charge in [0.1, 0.15) is 11.6 Å². The molecule has 0 radical (unpaired) electrons. The number of hydrogen-bond acceptors (Lipinski definition) is 6. The highest BCUT2D eigenvalue weighted by molar-refractivity contribution is 7.15. The lowest BCUT2D eigenvalue weighted by Crippen LogP contribution is -2.51. The Kier molecular flexibility index (Phi) is 4.31. The number of amides is 2. The molecule has 0 aliphatic carbocycles. The fourth-order valence-electron chi connectivity index (χ4n) is 1.69. The number of rotatable bonds is 5. The number of aromatic nitrogens is 2. The topological polar surface area (TPSA) is 78.4 Å². The van der Waals surface area contributed by atoms with E-state index in [1.165, 1.54) is 21.1 Å². The molecule has 0 unspecified atom stereocenters. The minimum atomic E-state index is -0.0552.